The third kappa shape index (κ3) is 25.4. The summed E-state index contributed by atoms with van der Waals surface area (Å²) in [5, 5.41) is 66.7. The second kappa shape index (κ2) is 26.5. The third-order valence-corrected chi connectivity index (χ3v) is 9.19. The summed E-state index contributed by atoms with van der Waals surface area (Å²) < 4.78 is 1.85. The highest BCUT2D eigenvalue weighted by atomic mass is 127. The van der Waals surface area contributed by atoms with Crippen LogP contribution in [0.25, 0.3) is 0 Å². The van der Waals surface area contributed by atoms with E-state index in [0.29, 0.717) is 13.1 Å². The lowest BCUT2D eigenvalue weighted by molar-refractivity contribution is -0.141. The molecule has 0 bridgehead atoms. The van der Waals surface area contributed by atoms with E-state index in [9.17, 15) is 69.3 Å². The van der Waals surface area contributed by atoms with E-state index in [4.69, 9.17) is 0 Å². The third-order valence-electron chi connectivity index (χ3n) is 8.22. The molecule has 0 aromatic heterocycles. The van der Waals surface area contributed by atoms with Crippen molar-refractivity contribution >= 4 is 64.6 Å². The average Bonchev–Trinajstić information content (AvgIpc) is 3.02. The molecule has 0 saturated carbocycles. The van der Waals surface area contributed by atoms with Crippen molar-refractivity contribution in [2.75, 3.05) is 151 Å². The van der Waals surface area contributed by atoms with E-state index in [1.807, 2.05) is 26.0 Å². The van der Waals surface area contributed by atoms with Crippen molar-refractivity contribution in [3.05, 3.63) is 0 Å². The van der Waals surface area contributed by atoms with Gasteiger partial charge in [-0.2, -0.15) is 0 Å². The highest BCUT2D eigenvalue weighted by molar-refractivity contribution is 14.1. The van der Waals surface area contributed by atoms with Crippen molar-refractivity contribution in [2.24, 2.45) is 0 Å². The summed E-state index contributed by atoms with van der Waals surface area (Å²) in [6.07, 6.45) is 0. The summed E-state index contributed by atoms with van der Waals surface area (Å²) in [5.41, 5.74) is 0. The lowest BCUT2D eigenvalue weighted by Gasteiger charge is -2.32. The van der Waals surface area contributed by atoms with E-state index >= 15 is 0 Å². The van der Waals surface area contributed by atoms with Crippen molar-refractivity contribution in [1.82, 2.24) is 37.4 Å². The second-order valence-electron chi connectivity index (χ2n) is 12.6. The highest BCUT2D eigenvalue weighted by Gasteiger charge is 2.22. The molecule has 1 aliphatic heterocycles. The van der Waals surface area contributed by atoms with Crippen LogP contribution in [0.2, 0.25) is 0 Å². The van der Waals surface area contributed by atoms with Gasteiger partial charge in [0.25, 0.3) is 0 Å². The molecule has 1 aliphatic rings. The molecule has 1 heterocycles. The minimum atomic E-state index is -1.17. The Balaban J connectivity index is 3.39. The fraction of sp³-hybridized carbons (Fsp3) is 0.767. The fourth-order valence-electron chi connectivity index (χ4n) is 5.54. The lowest BCUT2D eigenvalue weighted by Crippen LogP contribution is -2.48. The van der Waals surface area contributed by atoms with Gasteiger partial charge in [0.05, 0.1) is 45.8 Å². The van der Waals surface area contributed by atoms with Gasteiger partial charge in [-0.15, -0.1) is 0 Å². The van der Waals surface area contributed by atoms with Crippen LogP contribution < -0.4 is 0 Å². The zero-order valence-electron chi connectivity index (χ0n) is 29.7. The number of carboxylic acids is 7. The maximum atomic E-state index is 11.7. The summed E-state index contributed by atoms with van der Waals surface area (Å²) >= 11 is 2.04. The predicted octanol–water partition coefficient (Wildman–Crippen LogP) is -3.64. The van der Waals surface area contributed by atoms with Gasteiger partial charge in [0.1, 0.15) is 0 Å². The Labute approximate surface area is 321 Å². The van der Waals surface area contributed by atoms with Crippen LogP contribution >= 0.6 is 22.9 Å². The summed E-state index contributed by atoms with van der Waals surface area (Å²) in [7, 11) is 0. The molecule has 53 heavy (non-hydrogen) atoms. The zero-order valence-corrected chi connectivity index (χ0v) is 31.9. The van der Waals surface area contributed by atoms with Gasteiger partial charge < -0.3 is 35.7 Å². The molecule has 23 heteroatoms. The van der Waals surface area contributed by atoms with E-state index in [2.05, 4.69) is 0 Å². The van der Waals surface area contributed by atoms with Crippen LogP contribution in [0.4, 0.5) is 0 Å². The van der Waals surface area contributed by atoms with Crippen LogP contribution in [-0.2, 0) is 33.6 Å². The number of halogens is 1. The van der Waals surface area contributed by atoms with Crippen LogP contribution in [0, 0.1) is 0 Å². The Morgan fingerprint density at radius 3 is 0.509 bits per heavy atom. The Morgan fingerprint density at radius 2 is 0.396 bits per heavy atom. The predicted molar refractivity (Wildman–Crippen MR) is 194 cm³/mol. The second-order valence-corrected chi connectivity index (χ2v) is 14.0. The normalized spacial score (nSPS) is 19.9. The van der Waals surface area contributed by atoms with Gasteiger partial charge in [-0.25, -0.2) is 3.11 Å². The van der Waals surface area contributed by atoms with Crippen LogP contribution in [0.15, 0.2) is 0 Å². The van der Waals surface area contributed by atoms with E-state index in [1.165, 1.54) is 14.7 Å². The zero-order chi connectivity index (χ0) is 39.9. The van der Waals surface area contributed by atoms with Crippen LogP contribution in [0.5, 0.6) is 0 Å². The van der Waals surface area contributed by atoms with E-state index in [1.54, 1.807) is 19.6 Å². The first-order valence-corrected chi connectivity index (χ1v) is 17.9. The maximum Gasteiger partial charge on any atom is 0.317 e. The molecular formula is C30H53IN8O14. The Bertz CT molecular complexity index is 1120. The molecule has 1 saturated heterocycles. The summed E-state index contributed by atoms with van der Waals surface area (Å²) in [4.78, 5) is 92.7. The summed E-state index contributed by atoms with van der Waals surface area (Å²) in [5.74, 6) is -7.95. The van der Waals surface area contributed by atoms with Crippen LogP contribution in [-0.4, -0.2) is 265 Å². The number of nitrogens with zero attached hydrogens (tertiary/aromatic N) is 8. The number of carboxylic acid groups (broad SMARTS) is 7. The van der Waals surface area contributed by atoms with Gasteiger partial charge in [-0.3, -0.25) is 67.9 Å². The molecule has 1 rings (SSSR count). The first kappa shape index (κ1) is 47.7. The molecule has 7 N–H and O–H groups in total. The number of aliphatic carboxylic acids is 7. The van der Waals surface area contributed by atoms with Gasteiger partial charge in [0.15, 0.2) is 0 Å². The standard InChI is InChI=1S/C30H53IN8O14/c31-39-15-13-37(22-29(50)51)11-9-35(20-27(46)47)7-5-33(18-25(42)43)3-1-32(17-24(40)41)2-4-34(19-26(44)45)6-8-36(21-28(48)49)10-12-38(14-16-39)23-30(52)53/h1-23H2,(H,40,41)(H,42,43)(H,44,45)(H,46,47)(H,48,49)(H,50,51)(H,52,53). The maximum absolute atomic E-state index is 11.7. The van der Waals surface area contributed by atoms with Gasteiger partial charge in [-0.05, 0) is 0 Å². The number of hydrogen-bond acceptors (Lipinski definition) is 15. The first-order chi connectivity index (χ1) is 24.9. The SMILES string of the molecule is O=C(O)CN1CCN(I)CCN(CC(=O)O)CCN(CC(=O)O)CCN(CC(=O)O)CCN(CC(=O)O)CCN(CC(=O)O)CCN(CC(=O)O)CC1. The molecule has 0 radical (unpaired) electrons. The molecular weight excluding hydrogens is 823 g/mol. The summed E-state index contributed by atoms with van der Waals surface area (Å²) in [6.45, 7) is -0.0911. The van der Waals surface area contributed by atoms with Gasteiger partial charge in [0.2, 0.25) is 0 Å². The van der Waals surface area contributed by atoms with E-state index in [-0.39, 0.29) is 105 Å². The average molecular weight is 877 g/mol. The van der Waals surface area contributed by atoms with Crippen molar-refractivity contribution in [3.63, 3.8) is 0 Å². The lowest BCUT2D eigenvalue weighted by atomic mass is 10.3. The first-order valence-electron chi connectivity index (χ1n) is 16.9. The molecule has 0 atom stereocenters. The molecule has 0 aromatic carbocycles. The quantitative estimate of drug-likeness (QED) is 0.0655. The van der Waals surface area contributed by atoms with Gasteiger partial charge in [-0.1, -0.05) is 0 Å². The van der Waals surface area contributed by atoms with Crippen molar-refractivity contribution in [2.45, 2.75) is 0 Å². The molecule has 22 nitrogen and oxygen atoms in total. The van der Waals surface area contributed by atoms with Crippen molar-refractivity contribution in [1.29, 1.82) is 0 Å². The van der Waals surface area contributed by atoms with E-state index < -0.39 is 74.5 Å². The largest absolute Gasteiger partial charge is 0.480 e. The summed E-state index contributed by atoms with van der Waals surface area (Å²) in [6, 6.07) is 0. The molecule has 0 unspecified atom stereocenters. The van der Waals surface area contributed by atoms with Crippen LogP contribution in [0.1, 0.15) is 0 Å². The Morgan fingerprint density at radius 1 is 0.283 bits per heavy atom. The number of carbonyl (C=O) groups is 7. The van der Waals surface area contributed by atoms with Gasteiger partial charge >= 0.3 is 41.8 Å². The van der Waals surface area contributed by atoms with Crippen molar-refractivity contribution in [3.8, 4) is 0 Å². The Kier molecular flexibility index (Phi) is 23.8. The highest BCUT2D eigenvalue weighted by Crippen LogP contribution is 2.05. The molecule has 0 spiro atoms. The molecule has 304 valence electrons. The minimum Gasteiger partial charge on any atom is -0.480 e. The molecule has 0 aliphatic carbocycles. The topological polar surface area (TPSA) is 287 Å². The fourth-order valence-corrected chi connectivity index (χ4v) is 5.97. The van der Waals surface area contributed by atoms with Gasteiger partial charge in [0, 0.05) is 128 Å². The number of hydrogen-bond donors (Lipinski definition) is 7. The molecule has 1 fully saturated rings. The van der Waals surface area contributed by atoms with Crippen LogP contribution in [0.3, 0.4) is 0 Å². The monoisotopic (exact) mass is 876 g/mol. The minimum absolute atomic E-state index is 0.0726. The Hall–Kier alpha value is -3.30. The molecule has 0 amide bonds. The number of rotatable bonds is 14. The van der Waals surface area contributed by atoms with Crippen molar-refractivity contribution < 1.29 is 69.3 Å². The smallest absolute Gasteiger partial charge is 0.317 e. The van der Waals surface area contributed by atoms with E-state index in [0.717, 1.165) is 0 Å². The molecule has 0 aromatic rings.